The summed E-state index contributed by atoms with van der Waals surface area (Å²) < 4.78 is 31.4. The van der Waals surface area contributed by atoms with Crippen LogP contribution in [0.5, 0.6) is 0 Å². The van der Waals surface area contributed by atoms with E-state index < -0.39 is 10.0 Å². The number of carbonyl (C=O) groups is 1. The number of nitrogens with one attached hydrogen (secondary N) is 3. The number of sulfonamides is 1. The van der Waals surface area contributed by atoms with E-state index in [1.54, 1.807) is 19.2 Å². The van der Waals surface area contributed by atoms with Crippen molar-refractivity contribution >= 4 is 21.6 Å². The van der Waals surface area contributed by atoms with Crippen LogP contribution in [0.3, 0.4) is 0 Å². The fraction of sp³-hybridized carbons (Fsp3) is 0.462. The Hall–Kier alpha value is -1.48. The molecule has 0 bridgehead atoms. The summed E-state index contributed by atoms with van der Waals surface area (Å²) in [6.45, 7) is 3.45. The largest absolute Gasteiger partial charge is 0.383 e. The van der Waals surface area contributed by atoms with Crippen LogP contribution in [0.4, 0.5) is 5.69 Å². The van der Waals surface area contributed by atoms with Crippen molar-refractivity contribution in [2.45, 2.75) is 11.8 Å². The summed E-state index contributed by atoms with van der Waals surface area (Å²) in [7, 11) is -1.93. The number of ether oxygens (including phenoxy) is 1. The molecule has 118 valence electrons. The summed E-state index contributed by atoms with van der Waals surface area (Å²) in [5.41, 5.74) is 0.558. The Bertz CT molecular complexity index is 543. The molecule has 21 heavy (non-hydrogen) atoms. The molecule has 1 rings (SSSR count). The highest BCUT2D eigenvalue weighted by molar-refractivity contribution is 7.89. The maximum atomic E-state index is 12.0. The van der Waals surface area contributed by atoms with Crippen molar-refractivity contribution in [3.05, 3.63) is 24.3 Å². The molecule has 0 atom stereocenters. The molecule has 0 unspecified atom stereocenters. The van der Waals surface area contributed by atoms with Crippen LogP contribution in [-0.2, 0) is 19.6 Å². The van der Waals surface area contributed by atoms with Crippen LogP contribution in [0, 0.1) is 0 Å². The highest BCUT2D eigenvalue weighted by atomic mass is 32.2. The molecule has 0 heterocycles. The third-order valence-electron chi connectivity index (χ3n) is 2.56. The zero-order valence-electron chi connectivity index (χ0n) is 12.2. The van der Waals surface area contributed by atoms with Gasteiger partial charge >= 0.3 is 0 Å². The van der Waals surface area contributed by atoms with Crippen LogP contribution >= 0.6 is 0 Å². The first-order valence-corrected chi connectivity index (χ1v) is 8.01. The van der Waals surface area contributed by atoms with Crippen molar-refractivity contribution in [1.82, 2.24) is 10.0 Å². The average molecular weight is 315 g/mol. The molecule has 0 aliphatic carbocycles. The minimum Gasteiger partial charge on any atom is -0.383 e. The van der Waals surface area contributed by atoms with Crippen LogP contribution < -0.4 is 15.4 Å². The molecule has 1 aromatic carbocycles. The summed E-state index contributed by atoms with van der Waals surface area (Å²) >= 11 is 0. The Balaban J connectivity index is 2.48. The van der Waals surface area contributed by atoms with Crippen molar-refractivity contribution in [3.63, 3.8) is 0 Å². The number of amides is 1. The number of hydrogen-bond acceptors (Lipinski definition) is 5. The molecule has 3 N–H and O–H groups in total. The molecule has 0 saturated heterocycles. The van der Waals surface area contributed by atoms with Crippen molar-refractivity contribution < 1.29 is 17.9 Å². The van der Waals surface area contributed by atoms with Crippen molar-refractivity contribution in [2.24, 2.45) is 0 Å². The second kappa shape index (κ2) is 8.73. The third-order valence-corrected chi connectivity index (χ3v) is 4.04. The van der Waals surface area contributed by atoms with Gasteiger partial charge in [-0.25, -0.2) is 13.1 Å². The second-order valence-electron chi connectivity index (χ2n) is 4.35. The Morgan fingerprint density at radius 2 is 1.81 bits per heavy atom. The average Bonchev–Trinajstić information content (AvgIpc) is 2.42. The number of methoxy groups -OCH3 is 1. The number of rotatable bonds is 9. The molecule has 1 aromatic rings. The van der Waals surface area contributed by atoms with Crippen LogP contribution in [0.2, 0.25) is 0 Å². The Kier molecular flexibility index (Phi) is 7.30. The third kappa shape index (κ3) is 6.67. The molecule has 0 saturated carbocycles. The highest BCUT2D eigenvalue weighted by Gasteiger charge is 2.12. The molecule has 0 aromatic heterocycles. The van der Waals surface area contributed by atoms with Gasteiger partial charge in [0.2, 0.25) is 15.9 Å². The van der Waals surface area contributed by atoms with Gasteiger partial charge in [-0.15, -0.1) is 0 Å². The molecule has 0 aliphatic heterocycles. The monoisotopic (exact) mass is 315 g/mol. The van der Waals surface area contributed by atoms with Crippen LogP contribution in [0.1, 0.15) is 6.92 Å². The van der Waals surface area contributed by atoms with Crippen molar-refractivity contribution in [2.75, 3.05) is 38.7 Å². The summed E-state index contributed by atoms with van der Waals surface area (Å²) in [5, 5.41) is 5.62. The van der Waals surface area contributed by atoms with Crippen LogP contribution in [0.25, 0.3) is 0 Å². The fourth-order valence-corrected chi connectivity index (χ4v) is 2.61. The van der Waals surface area contributed by atoms with Gasteiger partial charge in [0.1, 0.15) is 0 Å². The van der Waals surface area contributed by atoms with E-state index in [4.69, 9.17) is 4.74 Å². The van der Waals surface area contributed by atoms with E-state index >= 15 is 0 Å². The predicted octanol–water partition coefficient (Wildman–Crippen LogP) is 0.159. The van der Waals surface area contributed by atoms with Gasteiger partial charge in [-0.3, -0.25) is 4.79 Å². The van der Waals surface area contributed by atoms with E-state index in [9.17, 15) is 13.2 Å². The number of benzene rings is 1. The van der Waals surface area contributed by atoms with Crippen molar-refractivity contribution in [1.29, 1.82) is 0 Å². The first-order valence-electron chi connectivity index (χ1n) is 6.52. The number of hydrogen-bond donors (Lipinski definition) is 3. The molecule has 0 radical (unpaired) electrons. The maximum Gasteiger partial charge on any atom is 0.240 e. The van der Waals surface area contributed by atoms with Crippen molar-refractivity contribution in [3.8, 4) is 0 Å². The van der Waals surface area contributed by atoms with Gasteiger partial charge in [-0.05, 0) is 24.3 Å². The SMILES string of the molecule is COCCNCCNS(=O)(=O)c1ccc(NC(C)=O)cc1. The number of anilines is 1. The van der Waals surface area contributed by atoms with Gasteiger partial charge in [0.15, 0.2) is 0 Å². The van der Waals surface area contributed by atoms with Gasteiger partial charge in [-0.2, -0.15) is 0 Å². The van der Waals surface area contributed by atoms with Crippen LogP contribution in [0.15, 0.2) is 29.2 Å². The fourth-order valence-electron chi connectivity index (χ4n) is 1.58. The van der Waals surface area contributed by atoms with Gasteiger partial charge in [0.05, 0.1) is 11.5 Å². The lowest BCUT2D eigenvalue weighted by Gasteiger charge is -2.08. The smallest absolute Gasteiger partial charge is 0.240 e. The van der Waals surface area contributed by atoms with Gasteiger partial charge in [-0.1, -0.05) is 0 Å². The van der Waals surface area contributed by atoms with E-state index in [-0.39, 0.29) is 10.8 Å². The van der Waals surface area contributed by atoms with E-state index in [1.165, 1.54) is 19.1 Å². The summed E-state index contributed by atoms with van der Waals surface area (Å²) in [4.78, 5) is 11.0. The molecule has 0 fully saturated rings. The Morgan fingerprint density at radius 3 is 2.38 bits per heavy atom. The predicted molar refractivity (Wildman–Crippen MR) is 80.7 cm³/mol. The first-order chi connectivity index (χ1) is 9.95. The topological polar surface area (TPSA) is 96.5 Å². The molecule has 8 heteroatoms. The van der Waals surface area contributed by atoms with E-state index in [2.05, 4.69) is 15.4 Å². The summed E-state index contributed by atoms with van der Waals surface area (Å²) in [5.74, 6) is -0.203. The van der Waals surface area contributed by atoms with Gasteiger partial charge < -0.3 is 15.4 Å². The maximum absolute atomic E-state index is 12.0. The molecule has 7 nitrogen and oxygen atoms in total. The Morgan fingerprint density at radius 1 is 1.14 bits per heavy atom. The minimum absolute atomic E-state index is 0.161. The van der Waals surface area contributed by atoms with E-state index in [0.717, 1.165) is 0 Å². The van der Waals surface area contributed by atoms with E-state index in [1.807, 2.05) is 0 Å². The molecule has 0 spiro atoms. The summed E-state index contributed by atoms with van der Waals surface area (Å²) in [6.07, 6.45) is 0. The lowest BCUT2D eigenvalue weighted by Crippen LogP contribution is -2.33. The first kappa shape index (κ1) is 17.6. The second-order valence-corrected chi connectivity index (χ2v) is 6.11. The highest BCUT2D eigenvalue weighted by Crippen LogP contribution is 2.13. The zero-order valence-corrected chi connectivity index (χ0v) is 13.0. The normalized spacial score (nSPS) is 11.3. The molecular weight excluding hydrogens is 294 g/mol. The molecular formula is C13H21N3O4S. The minimum atomic E-state index is -3.53. The Labute approximate surface area is 125 Å². The quantitative estimate of drug-likeness (QED) is 0.564. The lowest BCUT2D eigenvalue weighted by atomic mass is 10.3. The van der Waals surface area contributed by atoms with Gasteiger partial charge in [0.25, 0.3) is 0 Å². The zero-order chi connectivity index (χ0) is 15.7. The van der Waals surface area contributed by atoms with E-state index in [0.29, 0.717) is 31.9 Å². The lowest BCUT2D eigenvalue weighted by molar-refractivity contribution is -0.114. The van der Waals surface area contributed by atoms with Gasteiger partial charge in [0, 0.05) is 39.4 Å². The standard InChI is InChI=1S/C13H21N3O4S/c1-11(17)16-12-3-5-13(6-4-12)21(18,19)15-8-7-14-9-10-20-2/h3-6,14-15H,7-10H2,1-2H3,(H,16,17). The number of carbonyl (C=O) groups excluding carboxylic acids is 1. The van der Waals surface area contributed by atoms with Crippen LogP contribution in [-0.4, -0.2) is 47.7 Å². The summed E-state index contributed by atoms with van der Waals surface area (Å²) in [6, 6.07) is 6.00. The molecule has 0 aliphatic rings. The molecule has 1 amide bonds.